The molecule has 8 N–H and O–H groups in total. The normalized spacial score (nSPS) is 11.4. The van der Waals surface area contributed by atoms with Gasteiger partial charge in [0.25, 0.3) is 0 Å². The maximum Gasteiger partial charge on any atom is 0.111 e. The van der Waals surface area contributed by atoms with Crippen LogP contribution in [-0.4, -0.2) is 0 Å². The van der Waals surface area contributed by atoms with Crippen LogP contribution in [0.2, 0.25) is 0 Å². The van der Waals surface area contributed by atoms with Gasteiger partial charge >= 0.3 is 0 Å². The Morgan fingerprint density at radius 1 is 0.500 bits per heavy atom. The van der Waals surface area contributed by atoms with Crippen molar-refractivity contribution < 1.29 is 0 Å². The van der Waals surface area contributed by atoms with Crippen LogP contribution in [0.15, 0.2) is 81.1 Å². The number of benzene rings is 3. The molecule has 0 fully saturated rings. The van der Waals surface area contributed by atoms with Crippen LogP contribution in [0.4, 0.5) is 45.5 Å². The summed E-state index contributed by atoms with van der Waals surface area (Å²) in [4.78, 5) is 0. The largest absolute Gasteiger partial charge is 0.397 e. The summed E-state index contributed by atoms with van der Waals surface area (Å²) in [5, 5.41) is 16.6. The van der Waals surface area contributed by atoms with Crippen molar-refractivity contribution in [3.05, 3.63) is 60.7 Å². The molecule has 130 valence electrons. The Morgan fingerprint density at radius 2 is 0.923 bits per heavy atom. The van der Waals surface area contributed by atoms with Gasteiger partial charge in [-0.05, 0) is 42.5 Å². The predicted molar refractivity (Wildman–Crippen MR) is 105 cm³/mol. The molecule has 0 aromatic heterocycles. The van der Waals surface area contributed by atoms with Crippen molar-refractivity contribution in [3.8, 4) is 0 Å². The molecule has 0 bridgehead atoms. The van der Waals surface area contributed by atoms with E-state index in [0.29, 0.717) is 45.5 Å². The maximum atomic E-state index is 5.88. The van der Waals surface area contributed by atoms with Crippen molar-refractivity contribution in [1.82, 2.24) is 0 Å². The molecule has 3 rings (SSSR count). The third-order valence-corrected chi connectivity index (χ3v) is 3.61. The van der Waals surface area contributed by atoms with Crippen LogP contribution in [0.3, 0.4) is 0 Å². The standard InChI is InChI=1S/C18H18N8/c19-13-6-2-8-15(17(13)21)25-23-11-4-1-5-12(10-11)24-26-16-9-3-7-14(20)18(16)22/h1-10H,19-22H2. The second-order valence-electron chi connectivity index (χ2n) is 5.48. The van der Waals surface area contributed by atoms with E-state index < -0.39 is 0 Å². The SMILES string of the molecule is Nc1cccc(N=Nc2cccc(N=Nc3cccc(N)c3N)c2)c1N. The van der Waals surface area contributed by atoms with Gasteiger partial charge in [-0.2, -0.15) is 10.2 Å². The first kappa shape index (κ1) is 16.9. The number of hydrogen-bond acceptors (Lipinski definition) is 8. The number of azo groups is 2. The van der Waals surface area contributed by atoms with Crippen LogP contribution in [0, 0.1) is 0 Å². The molecule has 8 nitrogen and oxygen atoms in total. The Morgan fingerprint density at radius 3 is 1.38 bits per heavy atom. The molecule has 0 spiro atoms. The Hall–Kier alpha value is -3.94. The first-order valence-electron chi connectivity index (χ1n) is 7.76. The number of nitrogens with two attached hydrogens (primary N) is 4. The van der Waals surface area contributed by atoms with Gasteiger partial charge in [0, 0.05) is 0 Å². The van der Waals surface area contributed by atoms with Crippen LogP contribution < -0.4 is 22.9 Å². The molecule has 8 heteroatoms. The fraction of sp³-hybridized carbons (Fsp3) is 0. The number of rotatable bonds is 4. The summed E-state index contributed by atoms with van der Waals surface area (Å²) in [6.45, 7) is 0. The van der Waals surface area contributed by atoms with E-state index in [2.05, 4.69) is 20.5 Å². The van der Waals surface area contributed by atoms with Gasteiger partial charge in [0.1, 0.15) is 11.4 Å². The average Bonchev–Trinajstić information content (AvgIpc) is 2.64. The van der Waals surface area contributed by atoms with Crippen molar-refractivity contribution in [3.63, 3.8) is 0 Å². The molecule has 0 heterocycles. The van der Waals surface area contributed by atoms with Crippen molar-refractivity contribution in [2.24, 2.45) is 20.5 Å². The van der Waals surface area contributed by atoms with Crippen molar-refractivity contribution in [2.45, 2.75) is 0 Å². The number of para-hydroxylation sites is 2. The highest BCUT2D eigenvalue weighted by Gasteiger charge is 2.02. The van der Waals surface area contributed by atoms with Crippen molar-refractivity contribution >= 4 is 45.5 Å². The summed E-state index contributed by atoms with van der Waals surface area (Å²) in [5.41, 5.74) is 27.2. The molecule has 0 saturated carbocycles. The van der Waals surface area contributed by atoms with Crippen LogP contribution in [0.25, 0.3) is 0 Å². The summed E-state index contributed by atoms with van der Waals surface area (Å²) >= 11 is 0. The van der Waals surface area contributed by atoms with E-state index in [0.717, 1.165) is 0 Å². The molecular weight excluding hydrogens is 328 g/mol. The summed E-state index contributed by atoms with van der Waals surface area (Å²) in [6, 6.07) is 17.5. The lowest BCUT2D eigenvalue weighted by Gasteiger charge is -2.02. The molecule has 0 atom stereocenters. The van der Waals surface area contributed by atoms with Gasteiger partial charge in [-0.25, -0.2) is 0 Å². The molecule has 26 heavy (non-hydrogen) atoms. The first-order chi connectivity index (χ1) is 12.5. The molecule has 0 amide bonds. The Balaban J connectivity index is 1.82. The molecule has 0 aliphatic carbocycles. The molecule has 3 aromatic carbocycles. The van der Waals surface area contributed by atoms with Gasteiger partial charge in [-0.3, -0.25) is 0 Å². The zero-order valence-electron chi connectivity index (χ0n) is 13.9. The van der Waals surface area contributed by atoms with Crippen molar-refractivity contribution in [2.75, 3.05) is 22.9 Å². The minimum absolute atomic E-state index is 0.393. The van der Waals surface area contributed by atoms with E-state index in [1.165, 1.54) is 0 Å². The predicted octanol–water partition coefficient (Wildman–Crippen LogP) is 4.85. The number of hydrogen-bond donors (Lipinski definition) is 4. The monoisotopic (exact) mass is 346 g/mol. The van der Waals surface area contributed by atoms with Gasteiger partial charge < -0.3 is 22.9 Å². The molecule has 0 saturated heterocycles. The van der Waals surface area contributed by atoms with Crippen LogP contribution in [0.1, 0.15) is 0 Å². The van der Waals surface area contributed by atoms with Gasteiger partial charge in [-0.15, -0.1) is 10.2 Å². The van der Waals surface area contributed by atoms with Crippen molar-refractivity contribution in [1.29, 1.82) is 0 Å². The molecule has 0 aliphatic heterocycles. The highest BCUT2D eigenvalue weighted by molar-refractivity contribution is 5.77. The van der Waals surface area contributed by atoms with Crippen LogP contribution in [0.5, 0.6) is 0 Å². The zero-order valence-corrected chi connectivity index (χ0v) is 13.9. The maximum absolute atomic E-state index is 5.88. The summed E-state index contributed by atoms with van der Waals surface area (Å²) in [6.07, 6.45) is 0. The number of anilines is 4. The first-order valence-corrected chi connectivity index (χ1v) is 7.76. The second-order valence-corrected chi connectivity index (χ2v) is 5.48. The smallest absolute Gasteiger partial charge is 0.111 e. The number of nitrogen functional groups attached to an aromatic ring is 4. The number of nitrogens with zero attached hydrogens (tertiary/aromatic N) is 4. The Bertz CT molecular complexity index is 917. The highest BCUT2D eigenvalue weighted by Crippen LogP contribution is 2.31. The fourth-order valence-electron chi connectivity index (χ4n) is 2.16. The van der Waals surface area contributed by atoms with Crippen LogP contribution in [-0.2, 0) is 0 Å². The average molecular weight is 346 g/mol. The van der Waals surface area contributed by atoms with E-state index in [1.54, 1.807) is 60.7 Å². The molecule has 3 aromatic rings. The van der Waals surface area contributed by atoms with E-state index in [9.17, 15) is 0 Å². The lowest BCUT2D eigenvalue weighted by Crippen LogP contribution is -1.93. The topological polar surface area (TPSA) is 154 Å². The van der Waals surface area contributed by atoms with Gasteiger partial charge in [0.2, 0.25) is 0 Å². The van der Waals surface area contributed by atoms with E-state index >= 15 is 0 Å². The zero-order chi connectivity index (χ0) is 18.5. The van der Waals surface area contributed by atoms with Gasteiger partial charge in [0.15, 0.2) is 0 Å². The molecule has 0 unspecified atom stereocenters. The minimum atomic E-state index is 0.393. The van der Waals surface area contributed by atoms with Crippen LogP contribution >= 0.6 is 0 Å². The van der Waals surface area contributed by atoms with Gasteiger partial charge in [-0.1, -0.05) is 18.2 Å². The van der Waals surface area contributed by atoms with E-state index in [1.807, 2.05) is 0 Å². The lowest BCUT2D eigenvalue weighted by molar-refractivity contribution is 1.21. The van der Waals surface area contributed by atoms with Gasteiger partial charge in [0.05, 0.1) is 34.1 Å². The Kier molecular flexibility index (Phi) is 4.75. The molecule has 0 aliphatic rings. The fourth-order valence-corrected chi connectivity index (χ4v) is 2.16. The Labute approximate surface area is 150 Å². The minimum Gasteiger partial charge on any atom is -0.397 e. The third kappa shape index (κ3) is 3.75. The summed E-state index contributed by atoms with van der Waals surface area (Å²) in [5.74, 6) is 0. The summed E-state index contributed by atoms with van der Waals surface area (Å²) < 4.78 is 0. The highest BCUT2D eigenvalue weighted by atomic mass is 15.1. The quantitative estimate of drug-likeness (QED) is 0.394. The molecular formula is C18H18N8. The lowest BCUT2D eigenvalue weighted by atomic mass is 10.2. The molecule has 0 radical (unpaired) electrons. The summed E-state index contributed by atoms with van der Waals surface area (Å²) in [7, 11) is 0. The second kappa shape index (κ2) is 7.31. The van der Waals surface area contributed by atoms with E-state index in [4.69, 9.17) is 22.9 Å². The van der Waals surface area contributed by atoms with E-state index in [-0.39, 0.29) is 0 Å². The third-order valence-electron chi connectivity index (χ3n) is 3.61.